The molecule has 2 aromatic carbocycles. The summed E-state index contributed by atoms with van der Waals surface area (Å²) < 4.78 is 0.941. The van der Waals surface area contributed by atoms with E-state index in [0.29, 0.717) is 5.02 Å². The molecule has 4 heteroatoms. The zero-order chi connectivity index (χ0) is 13.8. The summed E-state index contributed by atoms with van der Waals surface area (Å²) in [6.07, 6.45) is 0. The number of aliphatic hydroxyl groups excluding tert-OH is 1. The van der Waals surface area contributed by atoms with Crippen LogP contribution in [0.25, 0.3) is 0 Å². The van der Waals surface area contributed by atoms with Crippen LogP contribution in [-0.4, -0.2) is 11.7 Å². The molecule has 0 radical (unpaired) electrons. The molecule has 1 atom stereocenters. The summed E-state index contributed by atoms with van der Waals surface area (Å²) in [7, 11) is 0. The number of benzene rings is 2. The molecule has 100 valence electrons. The van der Waals surface area contributed by atoms with E-state index in [9.17, 15) is 5.11 Å². The highest BCUT2D eigenvalue weighted by Crippen LogP contribution is 2.29. The standard InChI is InChI=1S/C15H15BrClNO/c1-10-3-2-4-12(7-10)18-15(9-19)13-8-11(16)5-6-14(13)17/h2-8,15,18-19H,9H2,1H3. The summed E-state index contributed by atoms with van der Waals surface area (Å²) in [5.74, 6) is 0. The summed E-state index contributed by atoms with van der Waals surface area (Å²) in [6.45, 7) is 2.01. The summed E-state index contributed by atoms with van der Waals surface area (Å²) in [6, 6.07) is 13.4. The second kappa shape index (κ2) is 6.42. The van der Waals surface area contributed by atoms with Crippen molar-refractivity contribution in [3.8, 4) is 0 Å². The number of rotatable bonds is 4. The van der Waals surface area contributed by atoms with Gasteiger partial charge in [0.25, 0.3) is 0 Å². The molecule has 1 unspecified atom stereocenters. The van der Waals surface area contributed by atoms with Gasteiger partial charge in [0, 0.05) is 15.2 Å². The fraction of sp³-hybridized carbons (Fsp3) is 0.200. The number of aliphatic hydroxyl groups is 1. The molecule has 0 aliphatic carbocycles. The smallest absolute Gasteiger partial charge is 0.0759 e. The summed E-state index contributed by atoms with van der Waals surface area (Å²) in [4.78, 5) is 0. The lowest BCUT2D eigenvalue weighted by Gasteiger charge is -2.20. The average molecular weight is 341 g/mol. The third-order valence-electron chi connectivity index (χ3n) is 2.88. The van der Waals surface area contributed by atoms with Crippen molar-refractivity contribution in [2.45, 2.75) is 13.0 Å². The van der Waals surface area contributed by atoms with E-state index in [4.69, 9.17) is 11.6 Å². The molecule has 2 N–H and O–H groups in total. The van der Waals surface area contributed by atoms with Gasteiger partial charge < -0.3 is 10.4 Å². The van der Waals surface area contributed by atoms with E-state index in [-0.39, 0.29) is 12.6 Å². The van der Waals surface area contributed by atoms with Crippen LogP contribution < -0.4 is 5.32 Å². The highest BCUT2D eigenvalue weighted by atomic mass is 79.9. The molecular formula is C15H15BrClNO. The average Bonchev–Trinajstić information content (AvgIpc) is 2.39. The van der Waals surface area contributed by atoms with Gasteiger partial charge in [0.1, 0.15) is 0 Å². The monoisotopic (exact) mass is 339 g/mol. The molecule has 0 spiro atoms. The first-order valence-electron chi connectivity index (χ1n) is 5.99. The van der Waals surface area contributed by atoms with E-state index >= 15 is 0 Å². The third-order valence-corrected chi connectivity index (χ3v) is 3.71. The van der Waals surface area contributed by atoms with Gasteiger partial charge in [-0.25, -0.2) is 0 Å². The van der Waals surface area contributed by atoms with Crippen LogP contribution in [0.1, 0.15) is 17.2 Å². The minimum absolute atomic E-state index is 0.0237. The van der Waals surface area contributed by atoms with Crippen molar-refractivity contribution in [1.82, 2.24) is 0 Å². The predicted molar refractivity (Wildman–Crippen MR) is 83.8 cm³/mol. The molecule has 0 heterocycles. The Morgan fingerprint density at radius 3 is 2.74 bits per heavy atom. The second-order valence-electron chi connectivity index (χ2n) is 4.41. The Balaban J connectivity index is 2.27. The first-order chi connectivity index (χ1) is 9.10. The van der Waals surface area contributed by atoms with Gasteiger partial charge in [-0.05, 0) is 48.4 Å². The van der Waals surface area contributed by atoms with Crippen LogP contribution in [0.2, 0.25) is 5.02 Å². The van der Waals surface area contributed by atoms with E-state index in [1.807, 2.05) is 49.4 Å². The molecule has 0 fully saturated rings. The van der Waals surface area contributed by atoms with Gasteiger partial charge in [0.15, 0.2) is 0 Å². The normalized spacial score (nSPS) is 12.2. The summed E-state index contributed by atoms with van der Waals surface area (Å²) in [5, 5.41) is 13.5. The van der Waals surface area contributed by atoms with Crippen molar-refractivity contribution in [1.29, 1.82) is 0 Å². The molecule has 0 aliphatic rings. The maximum absolute atomic E-state index is 9.59. The molecule has 0 saturated carbocycles. The second-order valence-corrected chi connectivity index (χ2v) is 5.74. The maximum atomic E-state index is 9.59. The molecule has 0 amide bonds. The number of anilines is 1. The zero-order valence-electron chi connectivity index (χ0n) is 10.5. The topological polar surface area (TPSA) is 32.3 Å². The van der Waals surface area contributed by atoms with Crippen molar-refractivity contribution < 1.29 is 5.11 Å². The lowest BCUT2D eigenvalue weighted by Crippen LogP contribution is -2.15. The van der Waals surface area contributed by atoms with Gasteiger partial charge in [-0.15, -0.1) is 0 Å². The van der Waals surface area contributed by atoms with E-state index in [1.54, 1.807) is 0 Å². The summed E-state index contributed by atoms with van der Waals surface area (Å²) in [5.41, 5.74) is 3.01. The van der Waals surface area contributed by atoms with Gasteiger partial charge >= 0.3 is 0 Å². The Morgan fingerprint density at radius 2 is 2.05 bits per heavy atom. The van der Waals surface area contributed by atoms with Crippen molar-refractivity contribution in [2.75, 3.05) is 11.9 Å². The molecule has 0 aromatic heterocycles. The van der Waals surface area contributed by atoms with Crippen LogP contribution in [0.4, 0.5) is 5.69 Å². The van der Waals surface area contributed by atoms with Crippen molar-refractivity contribution in [3.63, 3.8) is 0 Å². The van der Waals surface area contributed by atoms with E-state index in [0.717, 1.165) is 15.7 Å². The number of aryl methyl sites for hydroxylation is 1. The van der Waals surface area contributed by atoms with Crippen molar-refractivity contribution in [3.05, 3.63) is 63.1 Å². The predicted octanol–water partition coefficient (Wildman–Crippen LogP) is 4.56. The number of hydrogen-bond acceptors (Lipinski definition) is 2. The van der Waals surface area contributed by atoms with Crippen LogP contribution in [0.5, 0.6) is 0 Å². The molecule has 19 heavy (non-hydrogen) atoms. The third kappa shape index (κ3) is 3.72. The van der Waals surface area contributed by atoms with E-state index in [2.05, 4.69) is 21.2 Å². The minimum atomic E-state index is -0.230. The van der Waals surface area contributed by atoms with Crippen LogP contribution in [0.15, 0.2) is 46.9 Å². The van der Waals surface area contributed by atoms with Gasteiger partial charge in [0.05, 0.1) is 12.6 Å². The number of hydrogen-bond donors (Lipinski definition) is 2. The number of nitrogens with one attached hydrogen (secondary N) is 1. The molecule has 2 aromatic rings. The van der Waals surface area contributed by atoms with E-state index < -0.39 is 0 Å². The fourth-order valence-corrected chi connectivity index (χ4v) is 2.57. The quantitative estimate of drug-likeness (QED) is 0.855. The number of halogens is 2. The fourth-order valence-electron chi connectivity index (χ4n) is 1.94. The molecular weight excluding hydrogens is 326 g/mol. The van der Waals surface area contributed by atoms with Gasteiger partial charge in [-0.3, -0.25) is 0 Å². The highest BCUT2D eigenvalue weighted by Gasteiger charge is 2.14. The first kappa shape index (κ1) is 14.4. The minimum Gasteiger partial charge on any atom is -0.394 e. The molecule has 0 aliphatic heterocycles. The Bertz CT molecular complexity index is 574. The molecule has 2 rings (SSSR count). The van der Waals surface area contributed by atoms with Gasteiger partial charge in [0.2, 0.25) is 0 Å². The Hall–Kier alpha value is -1.03. The van der Waals surface area contributed by atoms with Crippen molar-refractivity contribution >= 4 is 33.2 Å². The Kier molecular flexibility index (Phi) is 4.86. The van der Waals surface area contributed by atoms with Crippen LogP contribution in [0.3, 0.4) is 0 Å². The van der Waals surface area contributed by atoms with Crippen LogP contribution in [-0.2, 0) is 0 Å². The first-order valence-corrected chi connectivity index (χ1v) is 7.16. The molecule has 0 saturated heterocycles. The Morgan fingerprint density at radius 1 is 1.26 bits per heavy atom. The molecule has 2 nitrogen and oxygen atoms in total. The van der Waals surface area contributed by atoms with Crippen LogP contribution >= 0.6 is 27.5 Å². The van der Waals surface area contributed by atoms with Gasteiger partial charge in [-0.1, -0.05) is 39.7 Å². The lowest BCUT2D eigenvalue weighted by molar-refractivity contribution is 0.276. The van der Waals surface area contributed by atoms with Gasteiger partial charge in [-0.2, -0.15) is 0 Å². The lowest BCUT2D eigenvalue weighted by atomic mass is 10.1. The van der Waals surface area contributed by atoms with Crippen LogP contribution in [0, 0.1) is 6.92 Å². The SMILES string of the molecule is Cc1cccc(NC(CO)c2cc(Br)ccc2Cl)c1. The maximum Gasteiger partial charge on any atom is 0.0759 e. The zero-order valence-corrected chi connectivity index (χ0v) is 12.9. The molecule has 0 bridgehead atoms. The van der Waals surface area contributed by atoms with Crippen molar-refractivity contribution in [2.24, 2.45) is 0 Å². The Labute approximate surface area is 126 Å². The highest BCUT2D eigenvalue weighted by molar-refractivity contribution is 9.10. The largest absolute Gasteiger partial charge is 0.394 e. The summed E-state index contributed by atoms with van der Waals surface area (Å²) >= 11 is 9.62. The van der Waals surface area contributed by atoms with E-state index in [1.165, 1.54) is 5.56 Å².